The first-order valence-electron chi connectivity index (χ1n) is 6.74. The summed E-state index contributed by atoms with van der Waals surface area (Å²) in [6, 6.07) is 5.81. The molecule has 1 aromatic rings. The molecule has 20 heavy (non-hydrogen) atoms. The molecule has 110 valence electrons. The Morgan fingerprint density at radius 1 is 1.60 bits per heavy atom. The third-order valence-electron chi connectivity index (χ3n) is 3.13. The van der Waals surface area contributed by atoms with Gasteiger partial charge in [0.2, 0.25) is 5.91 Å². The van der Waals surface area contributed by atoms with Gasteiger partial charge in [-0.15, -0.1) is 12.6 Å². The third-order valence-corrected chi connectivity index (χ3v) is 3.56. The van der Waals surface area contributed by atoms with Crippen LogP contribution in [-0.4, -0.2) is 30.4 Å². The highest BCUT2D eigenvalue weighted by molar-refractivity contribution is 7.80. The number of aliphatic hydroxyl groups is 1. The highest BCUT2D eigenvalue weighted by Gasteiger charge is 2.20. The van der Waals surface area contributed by atoms with Gasteiger partial charge in [0, 0.05) is 24.2 Å². The number of aryl methyl sites for hydroxylation is 1. The van der Waals surface area contributed by atoms with Gasteiger partial charge in [-0.2, -0.15) is 0 Å². The zero-order valence-electron chi connectivity index (χ0n) is 11.4. The number of anilines is 1. The smallest absolute Gasteiger partial charge is 0.220 e. The summed E-state index contributed by atoms with van der Waals surface area (Å²) < 4.78 is 5.43. The molecule has 3 N–H and O–H groups in total. The summed E-state index contributed by atoms with van der Waals surface area (Å²) in [5.41, 5.74) is 2.38. The topological polar surface area (TPSA) is 70.6 Å². The van der Waals surface area contributed by atoms with E-state index in [0.717, 1.165) is 16.8 Å². The standard InChI is InChI=1S/C14H20N2O3S/c1-2-15-12(17)6-4-9-3-5-11-10(7-9)14(20)19-8-13(18)16-11/h3,5,7,13-14,16,18,20H,2,4,6,8H2,1H3,(H,15,17)/t13-,14-/m1/s1. The number of carbonyl (C=O) groups excluding carboxylic acids is 1. The Hall–Kier alpha value is -1.24. The summed E-state index contributed by atoms with van der Waals surface area (Å²) in [6.45, 7) is 2.74. The fourth-order valence-electron chi connectivity index (χ4n) is 2.14. The van der Waals surface area contributed by atoms with E-state index in [0.29, 0.717) is 19.4 Å². The highest BCUT2D eigenvalue weighted by atomic mass is 32.1. The lowest BCUT2D eigenvalue weighted by molar-refractivity contribution is -0.120. The SMILES string of the molecule is CCNC(=O)CCc1ccc2c(c1)[C@@H](S)OC[C@@H](O)N2. The minimum atomic E-state index is -0.730. The molecule has 6 heteroatoms. The molecule has 1 aliphatic heterocycles. The van der Waals surface area contributed by atoms with Crippen molar-refractivity contribution in [2.24, 2.45) is 0 Å². The Morgan fingerprint density at radius 2 is 2.40 bits per heavy atom. The number of ether oxygens (including phenoxy) is 1. The van der Waals surface area contributed by atoms with Crippen molar-refractivity contribution in [1.82, 2.24) is 5.32 Å². The van der Waals surface area contributed by atoms with Crippen molar-refractivity contribution in [3.63, 3.8) is 0 Å². The Balaban J connectivity index is 2.08. The average molecular weight is 296 g/mol. The van der Waals surface area contributed by atoms with Crippen molar-refractivity contribution in [2.75, 3.05) is 18.5 Å². The van der Waals surface area contributed by atoms with Crippen LogP contribution in [0, 0.1) is 0 Å². The summed E-state index contributed by atoms with van der Waals surface area (Å²) in [5, 5.41) is 15.4. The van der Waals surface area contributed by atoms with Crippen LogP contribution in [0.2, 0.25) is 0 Å². The van der Waals surface area contributed by atoms with Gasteiger partial charge in [-0.3, -0.25) is 4.79 Å². The van der Waals surface area contributed by atoms with Gasteiger partial charge >= 0.3 is 0 Å². The molecule has 0 spiro atoms. The van der Waals surface area contributed by atoms with Gasteiger partial charge in [-0.05, 0) is 25.0 Å². The zero-order valence-corrected chi connectivity index (χ0v) is 12.3. The second-order valence-corrected chi connectivity index (χ2v) is 5.19. The normalized spacial score (nSPS) is 21.6. The van der Waals surface area contributed by atoms with Crippen LogP contribution in [0.1, 0.15) is 29.9 Å². The van der Waals surface area contributed by atoms with Gasteiger partial charge in [-0.1, -0.05) is 12.1 Å². The monoisotopic (exact) mass is 296 g/mol. The van der Waals surface area contributed by atoms with E-state index in [4.69, 9.17) is 4.74 Å². The van der Waals surface area contributed by atoms with Crippen LogP contribution in [0.15, 0.2) is 18.2 Å². The van der Waals surface area contributed by atoms with Crippen LogP contribution >= 0.6 is 12.6 Å². The second-order valence-electron chi connectivity index (χ2n) is 4.72. The highest BCUT2D eigenvalue weighted by Crippen LogP contribution is 2.32. The van der Waals surface area contributed by atoms with E-state index in [-0.39, 0.29) is 18.0 Å². The summed E-state index contributed by atoms with van der Waals surface area (Å²) in [4.78, 5) is 11.5. The third kappa shape index (κ3) is 3.88. The molecule has 0 saturated heterocycles. The maximum absolute atomic E-state index is 11.5. The second kappa shape index (κ2) is 6.97. The molecule has 2 rings (SSSR count). The Labute approximate surface area is 124 Å². The van der Waals surface area contributed by atoms with Gasteiger partial charge < -0.3 is 20.5 Å². The van der Waals surface area contributed by atoms with Gasteiger partial charge in [0.25, 0.3) is 0 Å². The predicted octanol–water partition coefficient (Wildman–Crippen LogP) is 1.44. The first kappa shape index (κ1) is 15.2. The van der Waals surface area contributed by atoms with E-state index >= 15 is 0 Å². The summed E-state index contributed by atoms with van der Waals surface area (Å²) in [5.74, 6) is 0.0506. The molecule has 0 aromatic heterocycles. The van der Waals surface area contributed by atoms with Crippen molar-refractivity contribution < 1.29 is 14.6 Å². The lowest BCUT2D eigenvalue weighted by Gasteiger charge is -2.13. The van der Waals surface area contributed by atoms with Crippen molar-refractivity contribution in [2.45, 2.75) is 31.4 Å². The number of aliphatic hydroxyl groups excluding tert-OH is 1. The Bertz CT molecular complexity index is 481. The van der Waals surface area contributed by atoms with E-state index in [1.54, 1.807) is 0 Å². The minimum Gasteiger partial charge on any atom is -0.371 e. The molecule has 1 aliphatic rings. The summed E-state index contributed by atoms with van der Waals surface area (Å²) >= 11 is 4.39. The summed E-state index contributed by atoms with van der Waals surface area (Å²) in [7, 11) is 0. The molecule has 1 amide bonds. The zero-order chi connectivity index (χ0) is 14.5. The molecular weight excluding hydrogens is 276 g/mol. The van der Waals surface area contributed by atoms with Crippen LogP contribution < -0.4 is 10.6 Å². The Kier molecular flexibility index (Phi) is 5.28. The van der Waals surface area contributed by atoms with Gasteiger partial charge in [-0.25, -0.2) is 0 Å². The molecule has 0 fully saturated rings. The number of rotatable bonds is 4. The number of hydrogen-bond acceptors (Lipinski definition) is 5. The van der Waals surface area contributed by atoms with Gasteiger partial charge in [0.15, 0.2) is 0 Å². The maximum atomic E-state index is 11.5. The minimum absolute atomic E-state index is 0.0506. The number of amides is 1. The quantitative estimate of drug-likeness (QED) is 0.635. The van der Waals surface area contributed by atoms with E-state index < -0.39 is 6.23 Å². The molecule has 0 aliphatic carbocycles. The molecule has 0 radical (unpaired) electrons. The number of hydrogen-bond donors (Lipinski definition) is 4. The molecular formula is C14H20N2O3S. The van der Waals surface area contributed by atoms with Crippen LogP contribution in [0.4, 0.5) is 5.69 Å². The van der Waals surface area contributed by atoms with E-state index in [2.05, 4.69) is 23.3 Å². The first-order chi connectivity index (χ1) is 9.60. The Morgan fingerprint density at radius 3 is 3.15 bits per heavy atom. The number of thiol groups is 1. The maximum Gasteiger partial charge on any atom is 0.220 e. The lowest BCUT2D eigenvalue weighted by Crippen LogP contribution is -2.23. The molecule has 0 saturated carbocycles. The largest absolute Gasteiger partial charge is 0.371 e. The first-order valence-corrected chi connectivity index (χ1v) is 7.25. The van der Waals surface area contributed by atoms with E-state index in [1.165, 1.54) is 0 Å². The molecule has 0 unspecified atom stereocenters. The average Bonchev–Trinajstić information content (AvgIpc) is 2.57. The fraction of sp³-hybridized carbons (Fsp3) is 0.500. The summed E-state index contributed by atoms with van der Waals surface area (Å²) in [6.07, 6.45) is 0.398. The van der Waals surface area contributed by atoms with Crippen LogP contribution in [-0.2, 0) is 16.0 Å². The van der Waals surface area contributed by atoms with Crippen LogP contribution in [0.25, 0.3) is 0 Å². The molecule has 5 nitrogen and oxygen atoms in total. The van der Waals surface area contributed by atoms with E-state index in [1.807, 2.05) is 25.1 Å². The van der Waals surface area contributed by atoms with Crippen molar-refractivity contribution in [3.8, 4) is 0 Å². The van der Waals surface area contributed by atoms with Gasteiger partial charge in [0.05, 0.1) is 6.61 Å². The lowest BCUT2D eigenvalue weighted by atomic mass is 10.0. The number of benzene rings is 1. The van der Waals surface area contributed by atoms with Crippen molar-refractivity contribution >= 4 is 24.2 Å². The molecule has 1 aromatic carbocycles. The number of carbonyl (C=O) groups is 1. The number of fused-ring (bicyclic) bond motifs is 1. The predicted molar refractivity (Wildman–Crippen MR) is 80.8 cm³/mol. The van der Waals surface area contributed by atoms with Crippen LogP contribution in [0.5, 0.6) is 0 Å². The molecule has 2 atom stereocenters. The molecule has 1 heterocycles. The van der Waals surface area contributed by atoms with Gasteiger partial charge in [0.1, 0.15) is 11.7 Å². The van der Waals surface area contributed by atoms with Crippen LogP contribution in [0.3, 0.4) is 0 Å². The molecule has 0 bridgehead atoms. The van der Waals surface area contributed by atoms with E-state index in [9.17, 15) is 9.90 Å². The fourth-order valence-corrected chi connectivity index (χ4v) is 2.44. The number of nitrogens with one attached hydrogen (secondary N) is 2. The van der Waals surface area contributed by atoms with Crippen molar-refractivity contribution in [1.29, 1.82) is 0 Å². The van der Waals surface area contributed by atoms with Crippen molar-refractivity contribution in [3.05, 3.63) is 29.3 Å².